The van der Waals surface area contributed by atoms with Gasteiger partial charge in [0.2, 0.25) is 0 Å². The number of rotatable bonds is 5. The van der Waals surface area contributed by atoms with Gasteiger partial charge in [-0.1, -0.05) is 41.4 Å². The first-order valence-corrected chi connectivity index (χ1v) is 7.31. The Hall–Kier alpha value is -0.740. The van der Waals surface area contributed by atoms with Gasteiger partial charge >= 0.3 is 5.97 Å². The molecule has 1 aromatic carbocycles. The average molecular weight is 350 g/mol. The van der Waals surface area contributed by atoms with E-state index in [1.54, 1.807) is 0 Å². The van der Waals surface area contributed by atoms with Crippen molar-refractivity contribution in [3.05, 3.63) is 28.3 Å². The van der Waals surface area contributed by atoms with Crippen molar-refractivity contribution in [2.45, 2.75) is 31.5 Å². The molecule has 0 saturated carbocycles. The molecular weight excluding hydrogens is 332 g/mol. The lowest BCUT2D eigenvalue weighted by molar-refractivity contribution is -0.140. The van der Waals surface area contributed by atoms with Crippen molar-refractivity contribution in [3.63, 3.8) is 0 Å². The minimum absolute atomic E-state index is 0.215. The highest BCUT2D eigenvalue weighted by molar-refractivity contribution is 9.10. The highest BCUT2D eigenvalue weighted by Crippen LogP contribution is 2.31. The molecule has 1 unspecified atom stereocenters. The lowest BCUT2D eigenvalue weighted by Gasteiger charge is -2.16. The highest BCUT2D eigenvalue weighted by Gasteiger charge is 2.17. The number of ether oxygens (including phenoxy) is 2. The van der Waals surface area contributed by atoms with E-state index in [2.05, 4.69) is 34.5 Å². The fourth-order valence-corrected chi connectivity index (χ4v) is 2.38. The van der Waals surface area contributed by atoms with Crippen LogP contribution in [0.5, 0.6) is 5.75 Å². The first kappa shape index (κ1) is 16.3. The number of benzene rings is 1. The van der Waals surface area contributed by atoms with Crippen molar-refractivity contribution in [3.8, 4) is 5.75 Å². The van der Waals surface area contributed by atoms with Crippen LogP contribution in [0.25, 0.3) is 0 Å². The summed E-state index contributed by atoms with van der Waals surface area (Å²) in [4.78, 5) is 10.8. The molecule has 0 N–H and O–H groups in total. The normalized spacial score (nSPS) is 12.4. The van der Waals surface area contributed by atoms with Crippen LogP contribution in [0.4, 0.5) is 0 Å². The van der Waals surface area contributed by atoms with Gasteiger partial charge in [0, 0.05) is 5.02 Å². The molecule has 1 aromatic rings. The van der Waals surface area contributed by atoms with Gasteiger partial charge in [-0.2, -0.15) is 0 Å². The SMILES string of the molecule is COC(=O)C(Br)COc1cc(C(C)C)c(Cl)cc1C. The van der Waals surface area contributed by atoms with E-state index in [0.717, 1.165) is 21.9 Å². The van der Waals surface area contributed by atoms with Gasteiger partial charge in [0.15, 0.2) is 0 Å². The zero-order valence-corrected chi connectivity index (χ0v) is 13.8. The second-order valence-corrected chi connectivity index (χ2v) is 6.11. The Morgan fingerprint density at radius 2 is 2.05 bits per heavy atom. The Morgan fingerprint density at radius 1 is 1.42 bits per heavy atom. The quantitative estimate of drug-likeness (QED) is 0.593. The summed E-state index contributed by atoms with van der Waals surface area (Å²) < 4.78 is 10.3. The molecule has 0 aliphatic carbocycles. The predicted octanol–water partition coefficient (Wildman–Crippen LogP) is 4.09. The third kappa shape index (κ3) is 4.39. The number of methoxy groups -OCH3 is 1. The molecule has 0 aliphatic heterocycles. The Balaban J connectivity index is 2.84. The van der Waals surface area contributed by atoms with Crippen molar-refractivity contribution in [2.24, 2.45) is 0 Å². The second-order valence-electron chi connectivity index (χ2n) is 4.60. The molecule has 5 heteroatoms. The molecule has 0 aliphatic rings. The molecule has 0 radical (unpaired) electrons. The molecule has 0 spiro atoms. The number of aryl methyl sites for hydroxylation is 1. The van der Waals surface area contributed by atoms with E-state index < -0.39 is 4.83 Å². The third-order valence-electron chi connectivity index (χ3n) is 2.76. The summed E-state index contributed by atoms with van der Waals surface area (Å²) >= 11 is 9.41. The van der Waals surface area contributed by atoms with Gasteiger partial charge in [-0.15, -0.1) is 0 Å². The van der Waals surface area contributed by atoms with Crippen LogP contribution < -0.4 is 4.74 Å². The fraction of sp³-hybridized carbons (Fsp3) is 0.500. The largest absolute Gasteiger partial charge is 0.492 e. The van der Waals surface area contributed by atoms with Crippen LogP contribution in [0.3, 0.4) is 0 Å². The number of hydrogen-bond acceptors (Lipinski definition) is 3. The molecule has 19 heavy (non-hydrogen) atoms. The first-order chi connectivity index (χ1) is 8.86. The van der Waals surface area contributed by atoms with Crippen LogP contribution in [0.15, 0.2) is 12.1 Å². The maximum absolute atomic E-state index is 11.3. The van der Waals surface area contributed by atoms with Crippen LogP contribution in [0.2, 0.25) is 5.02 Å². The molecule has 106 valence electrons. The summed E-state index contributed by atoms with van der Waals surface area (Å²) in [6, 6.07) is 3.81. The molecular formula is C14H18BrClO3. The van der Waals surface area contributed by atoms with Crippen molar-refractivity contribution in [1.82, 2.24) is 0 Å². The van der Waals surface area contributed by atoms with E-state index in [1.165, 1.54) is 7.11 Å². The lowest BCUT2D eigenvalue weighted by Crippen LogP contribution is -2.23. The fourth-order valence-electron chi connectivity index (χ4n) is 1.63. The molecule has 0 amide bonds. The van der Waals surface area contributed by atoms with E-state index in [0.29, 0.717) is 5.92 Å². The number of esters is 1. The van der Waals surface area contributed by atoms with Gasteiger partial charge in [0.05, 0.1) is 7.11 Å². The number of hydrogen-bond donors (Lipinski definition) is 0. The molecule has 0 aromatic heterocycles. The van der Waals surface area contributed by atoms with Crippen molar-refractivity contribution in [2.75, 3.05) is 13.7 Å². The van der Waals surface area contributed by atoms with Gasteiger partial charge < -0.3 is 9.47 Å². The maximum Gasteiger partial charge on any atom is 0.322 e. The van der Waals surface area contributed by atoms with Gasteiger partial charge in [-0.25, -0.2) is 0 Å². The minimum atomic E-state index is -0.477. The smallest absolute Gasteiger partial charge is 0.322 e. The highest BCUT2D eigenvalue weighted by atomic mass is 79.9. The van der Waals surface area contributed by atoms with Crippen LogP contribution >= 0.6 is 27.5 Å². The molecule has 0 fully saturated rings. The van der Waals surface area contributed by atoms with Crippen molar-refractivity contribution in [1.29, 1.82) is 0 Å². The zero-order valence-electron chi connectivity index (χ0n) is 11.5. The summed E-state index contributed by atoms with van der Waals surface area (Å²) in [6.07, 6.45) is 0. The third-order valence-corrected chi connectivity index (χ3v) is 3.72. The number of alkyl halides is 1. The van der Waals surface area contributed by atoms with Crippen molar-refractivity contribution < 1.29 is 14.3 Å². The van der Waals surface area contributed by atoms with E-state index >= 15 is 0 Å². The van der Waals surface area contributed by atoms with E-state index in [9.17, 15) is 4.79 Å². The van der Waals surface area contributed by atoms with Crippen LogP contribution in [0, 0.1) is 6.92 Å². The van der Waals surface area contributed by atoms with Crippen LogP contribution in [0.1, 0.15) is 30.9 Å². The predicted molar refractivity (Wildman–Crippen MR) is 80.5 cm³/mol. The summed E-state index contributed by atoms with van der Waals surface area (Å²) in [5.41, 5.74) is 1.98. The molecule has 0 heterocycles. The van der Waals surface area contributed by atoms with Crippen LogP contribution in [-0.2, 0) is 9.53 Å². The second kappa shape index (κ2) is 7.15. The Kier molecular flexibility index (Phi) is 6.14. The monoisotopic (exact) mass is 348 g/mol. The molecule has 0 saturated heterocycles. The molecule has 1 atom stereocenters. The molecule has 3 nitrogen and oxygen atoms in total. The summed E-state index contributed by atoms with van der Waals surface area (Å²) in [5.74, 6) is 0.702. The summed E-state index contributed by atoms with van der Waals surface area (Å²) in [6.45, 7) is 6.28. The van der Waals surface area contributed by atoms with Gasteiger partial charge in [0.25, 0.3) is 0 Å². The van der Waals surface area contributed by atoms with E-state index in [1.807, 2.05) is 19.1 Å². The zero-order chi connectivity index (χ0) is 14.6. The summed E-state index contributed by atoms with van der Waals surface area (Å²) in [5, 5.41) is 0.739. The molecule has 0 bridgehead atoms. The Bertz CT molecular complexity index is 460. The lowest BCUT2D eigenvalue weighted by atomic mass is 10.0. The number of halogens is 2. The minimum Gasteiger partial charge on any atom is -0.492 e. The van der Waals surface area contributed by atoms with Gasteiger partial charge in [0.1, 0.15) is 17.2 Å². The van der Waals surface area contributed by atoms with Gasteiger partial charge in [-0.3, -0.25) is 4.79 Å². The van der Waals surface area contributed by atoms with E-state index in [-0.39, 0.29) is 12.6 Å². The Morgan fingerprint density at radius 3 is 2.58 bits per heavy atom. The topological polar surface area (TPSA) is 35.5 Å². The van der Waals surface area contributed by atoms with Crippen LogP contribution in [-0.4, -0.2) is 24.5 Å². The summed E-state index contributed by atoms with van der Waals surface area (Å²) in [7, 11) is 1.35. The Labute approximate surface area is 127 Å². The standard InChI is InChI=1S/C14H18BrClO3/c1-8(2)10-6-13(9(3)5-12(10)16)19-7-11(15)14(17)18-4/h5-6,8,11H,7H2,1-4H3. The first-order valence-electron chi connectivity index (χ1n) is 6.01. The number of carbonyl (C=O) groups excluding carboxylic acids is 1. The maximum atomic E-state index is 11.3. The van der Waals surface area contributed by atoms with Crippen molar-refractivity contribution >= 4 is 33.5 Å². The number of carbonyl (C=O) groups is 1. The van der Waals surface area contributed by atoms with Gasteiger partial charge in [-0.05, 0) is 36.1 Å². The van der Waals surface area contributed by atoms with E-state index in [4.69, 9.17) is 16.3 Å². The average Bonchev–Trinajstić information content (AvgIpc) is 2.35. The molecule has 1 rings (SSSR count).